The van der Waals surface area contributed by atoms with E-state index in [2.05, 4.69) is 58.8 Å². The van der Waals surface area contributed by atoms with Gasteiger partial charge in [-0.1, -0.05) is 54.6 Å². The second kappa shape index (κ2) is 6.70. The first-order chi connectivity index (χ1) is 13.5. The van der Waals surface area contributed by atoms with Gasteiger partial charge in [0.15, 0.2) is 11.4 Å². The van der Waals surface area contributed by atoms with E-state index in [1.807, 2.05) is 38.2 Å². The summed E-state index contributed by atoms with van der Waals surface area (Å²) in [5.41, 5.74) is 7.20. The van der Waals surface area contributed by atoms with Crippen LogP contribution < -0.4 is 4.57 Å². The second-order valence-electron chi connectivity index (χ2n) is 6.86. The van der Waals surface area contributed by atoms with Gasteiger partial charge in [0, 0.05) is 13.0 Å². The third-order valence-corrected chi connectivity index (χ3v) is 5.14. The molecule has 0 spiro atoms. The Balaban J connectivity index is 2.06. The molecule has 4 aromatic rings. The monoisotopic (exact) mass is 350 g/mol. The van der Waals surface area contributed by atoms with E-state index in [1.165, 1.54) is 16.7 Å². The van der Waals surface area contributed by atoms with E-state index >= 15 is 0 Å². The molecular weight excluding hydrogens is 328 g/mol. The van der Waals surface area contributed by atoms with Crippen LogP contribution in [-0.4, -0.2) is 0 Å². The summed E-state index contributed by atoms with van der Waals surface area (Å²) in [4.78, 5) is 3.55. The summed E-state index contributed by atoms with van der Waals surface area (Å²) in [6.07, 6.45) is 0. The van der Waals surface area contributed by atoms with Gasteiger partial charge in [-0.15, -0.1) is 0 Å². The minimum Gasteiger partial charge on any atom is -0.238 e. The molecular formula is C25H21N2+. The number of benzene rings is 3. The molecule has 0 aliphatic rings. The maximum Gasteiger partial charge on any atom is 0.220 e. The summed E-state index contributed by atoms with van der Waals surface area (Å²) >= 11 is 0. The van der Waals surface area contributed by atoms with E-state index in [-0.39, 0.29) is 0 Å². The molecule has 4 rings (SSSR count). The normalized spacial score (nSPS) is 11.3. The van der Waals surface area contributed by atoms with Crippen molar-refractivity contribution in [1.29, 1.82) is 0 Å². The summed E-state index contributed by atoms with van der Waals surface area (Å²) in [7, 11) is 2.01. The molecule has 0 aliphatic carbocycles. The van der Waals surface area contributed by atoms with Gasteiger partial charge in [-0.05, 0) is 41.1 Å². The van der Waals surface area contributed by atoms with Gasteiger partial charge in [0.2, 0.25) is 5.69 Å². The number of aryl methyl sites for hydroxylation is 1. The van der Waals surface area contributed by atoms with E-state index in [0.717, 1.165) is 27.7 Å². The minimum absolute atomic E-state index is 0.476. The number of rotatable bonds is 2. The second-order valence-corrected chi connectivity index (χ2v) is 6.86. The van der Waals surface area contributed by atoms with E-state index in [1.54, 1.807) is 0 Å². The molecule has 27 heavy (non-hydrogen) atoms. The van der Waals surface area contributed by atoms with Crippen molar-refractivity contribution in [2.45, 2.75) is 13.8 Å². The lowest BCUT2D eigenvalue weighted by Crippen LogP contribution is -2.35. The van der Waals surface area contributed by atoms with Crippen molar-refractivity contribution in [3.05, 3.63) is 95.4 Å². The summed E-state index contributed by atoms with van der Waals surface area (Å²) in [6.45, 7) is 11.4. The topological polar surface area (TPSA) is 8.24 Å². The van der Waals surface area contributed by atoms with Crippen LogP contribution in [0, 0.1) is 20.4 Å². The van der Waals surface area contributed by atoms with Crippen molar-refractivity contribution in [3.8, 4) is 22.4 Å². The first kappa shape index (κ1) is 15.8. The molecule has 0 N–H and O–H groups in total. The molecule has 2 nitrogen and oxygen atoms in total. The average molecular weight is 350 g/mol. The van der Waals surface area contributed by atoms with Gasteiger partial charge in [-0.25, -0.2) is 4.85 Å². The molecule has 0 fully saturated rings. The lowest BCUT2D eigenvalue weighted by molar-refractivity contribution is -0.665. The highest BCUT2D eigenvalue weighted by atomic mass is 14.9. The molecule has 0 saturated heterocycles. The van der Waals surface area contributed by atoms with Gasteiger partial charge in [0.1, 0.15) is 7.05 Å². The molecule has 0 saturated carbocycles. The number of hydrogen-bond acceptors (Lipinski definition) is 0. The van der Waals surface area contributed by atoms with Crippen molar-refractivity contribution in [1.82, 2.24) is 0 Å². The number of nitrogens with zero attached hydrogens (tertiary/aromatic N) is 2. The Morgan fingerprint density at radius 2 is 1.70 bits per heavy atom. The van der Waals surface area contributed by atoms with Crippen molar-refractivity contribution in [3.63, 3.8) is 0 Å². The van der Waals surface area contributed by atoms with Crippen LogP contribution in [0.15, 0.2) is 72.8 Å². The van der Waals surface area contributed by atoms with Gasteiger partial charge in [-0.2, -0.15) is 4.57 Å². The Labute approximate surface area is 161 Å². The lowest BCUT2D eigenvalue weighted by Gasteiger charge is -2.12. The van der Waals surface area contributed by atoms with Gasteiger partial charge >= 0.3 is 0 Å². The van der Waals surface area contributed by atoms with Crippen molar-refractivity contribution in [2.24, 2.45) is 7.05 Å². The summed E-state index contributed by atoms with van der Waals surface area (Å²) in [5, 5.41) is 1.82. The summed E-state index contributed by atoms with van der Waals surface area (Å²) in [6, 6.07) is 23.0. The number of hydrogen-bond donors (Lipinski definition) is 0. The Morgan fingerprint density at radius 1 is 0.926 bits per heavy atom. The Bertz CT molecular complexity index is 1250. The standard InChI is InChI=1S/C25H21N2/c1-17-10-11-20(19-8-6-5-7-9-19)16-24(17)25-23-13-12-22(26-3)15-21(23)14-18(2)27(25)4/h5-16H,1-2,4H3/q+1/i14D. The van der Waals surface area contributed by atoms with E-state index in [0.29, 0.717) is 11.7 Å². The number of fused-ring (bicyclic) bond motifs is 1. The Kier molecular flexibility index (Phi) is 3.92. The molecule has 0 aliphatic heterocycles. The molecule has 1 heterocycles. The largest absolute Gasteiger partial charge is 0.238 e. The maximum atomic E-state index is 8.57. The fourth-order valence-corrected chi connectivity index (χ4v) is 3.55. The SMILES string of the molecule is [2H]c1c(C)[n+](C)c(-c2cc(-c3ccccc3)ccc2C)c2ccc([N+]#[C-])cc12. The first-order valence-electron chi connectivity index (χ1n) is 9.48. The van der Waals surface area contributed by atoms with Crippen molar-refractivity contribution >= 4 is 16.5 Å². The molecule has 2 heteroatoms. The summed E-state index contributed by atoms with van der Waals surface area (Å²) in [5.74, 6) is 0. The zero-order valence-corrected chi connectivity index (χ0v) is 15.7. The van der Waals surface area contributed by atoms with Gasteiger partial charge in [-0.3, -0.25) is 0 Å². The molecule has 0 bridgehead atoms. The number of aromatic nitrogens is 1. The van der Waals surface area contributed by atoms with E-state index in [9.17, 15) is 0 Å². The van der Waals surface area contributed by atoms with Gasteiger partial charge < -0.3 is 0 Å². The van der Waals surface area contributed by atoms with Gasteiger partial charge in [0.25, 0.3) is 0 Å². The molecule has 0 unspecified atom stereocenters. The minimum atomic E-state index is 0.476. The fraction of sp³-hybridized carbons (Fsp3) is 0.120. The average Bonchev–Trinajstić information content (AvgIpc) is 2.74. The highest BCUT2D eigenvalue weighted by Crippen LogP contribution is 2.33. The highest BCUT2D eigenvalue weighted by Gasteiger charge is 2.20. The van der Waals surface area contributed by atoms with Crippen molar-refractivity contribution < 1.29 is 5.94 Å². The third-order valence-electron chi connectivity index (χ3n) is 5.14. The number of pyridine rings is 1. The first-order valence-corrected chi connectivity index (χ1v) is 8.98. The van der Waals surface area contributed by atoms with Crippen LogP contribution in [0.1, 0.15) is 12.6 Å². The highest BCUT2D eigenvalue weighted by molar-refractivity contribution is 5.96. The molecule has 0 amide bonds. The van der Waals surface area contributed by atoms with Crippen LogP contribution >= 0.6 is 0 Å². The quantitative estimate of drug-likeness (QED) is 0.302. The van der Waals surface area contributed by atoms with Gasteiger partial charge in [0.05, 0.1) is 18.9 Å². The van der Waals surface area contributed by atoms with Crippen LogP contribution in [0.4, 0.5) is 5.69 Å². The molecule has 0 atom stereocenters. The van der Waals surface area contributed by atoms with Crippen molar-refractivity contribution in [2.75, 3.05) is 0 Å². The smallest absolute Gasteiger partial charge is 0.220 e. The van der Waals surface area contributed by atoms with E-state index in [4.69, 9.17) is 7.94 Å². The Morgan fingerprint density at radius 3 is 2.44 bits per heavy atom. The summed E-state index contributed by atoms with van der Waals surface area (Å²) < 4.78 is 10.7. The zero-order valence-electron chi connectivity index (χ0n) is 16.7. The molecule has 130 valence electrons. The molecule has 3 aromatic carbocycles. The fourth-order valence-electron chi connectivity index (χ4n) is 3.55. The lowest BCUT2D eigenvalue weighted by atomic mass is 9.94. The predicted octanol–water partition coefficient (Wildman–Crippen LogP) is 6.17. The maximum absolute atomic E-state index is 8.57. The van der Waals surface area contributed by atoms with E-state index < -0.39 is 0 Å². The van der Waals surface area contributed by atoms with Crippen LogP contribution in [-0.2, 0) is 7.05 Å². The van der Waals surface area contributed by atoms with Crippen LogP contribution in [0.25, 0.3) is 38.0 Å². The van der Waals surface area contributed by atoms with Crippen LogP contribution in [0.3, 0.4) is 0 Å². The molecule has 1 aromatic heterocycles. The zero-order chi connectivity index (χ0) is 19.8. The third kappa shape index (κ3) is 2.98. The molecule has 0 radical (unpaired) electrons. The Hall–Kier alpha value is -3.44. The van der Waals surface area contributed by atoms with Crippen LogP contribution in [0.2, 0.25) is 0 Å². The predicted molar refractivity (Wildman–Crippen MR) is 112 cm³/mol. The van der Waals surface area contributed by atoms with Crippen LogP contribution in [0.5, 0.6) is 0 Å².